The Balaban J connectivity index is 0.00000200. The third kappa shape index (κ3) is 4.59. The van der Waals surface area contributed by atoms with Crippen LogP contribution in [0.15, 0.2) is 48.5 Å². The zero-order chi connectivity index (χ0) is 14.0. The summed E-state index contributed by atoms with van der Waals surface area (Å²) in [7, 11) is 0. The van der Waals surface area contributed by atoms with Crippen LogP contribution in [0.4, 0.5) is 0 Å². The highest BCUT2D eigenvalue weighted by Gasteiger charge is 2.35. The van der Waals surface area contributed by atoms with Crippen LogP contribution in [-0.2, 0) is 0 Å². The minimum atomic E-state index is -1.46. The van der Waals surface area contributed by atoms with Crippen molar-refractivity contribution in [2.75, 3.05) is 0 Å². The van der Waals surface area contributed by atoms with Crippen LogP contribution in [0.1, 0.15) is 17.0 Å². The van der Waals surface area contributed by atoms with Gasteiger partial charge in [0.25, 0.3) is 0 Å². The molecule has 6 heteroatoms. The lowest BCUT2D eigenvalue weighted by Crippen LogP contribution is -2.18. The van der Waals surface area contributed by atoms with E-state index in [9.17, 15) is 0 Å². The van der Waals surface area contributed by atoms with Gasteiger partial charge in [0.05, 0.1) is 5.92 Å². The second kappa shape index (κ2) is 7.45. The molecule has 0 unspecified atom stereocenters. The lowest BCUT2D eigenvalue weighted by atomic mass is 9.92. The van der Waals surface area contributed by atoms with Crippen LogP contribution in [0.5, 0.6) is 0 Å². The first-order valence-electron chi connectivity index (χ1n) is 5.45. The van der Waals surface area contributed by atoms with E-state index in [2.05, 4.69) is 0 Å². The predicted octanol–water partition coefficient (Wildman–Crippen LogP) is 6.92. The summed E-state index contributed by atoms with van der Waals surface area (Å²) in [5, 5.41) is 1.28. The van der Waals surface area contributed by atoms with Crippen LogP contribution >= 0.6 is 70.4 Å². The average molecular weight is 391 g/mol. The standard InChI is InChI=1S/C14H9Cl5.ClH/c15-11-5-1-9(2-6-11)13(14(17,18)19)10-3-7-12(16)8-4-10;/h1-8,13H;1H. The first kappa shape index (κ1) is 18.2. The van der Waals surface area contributed by atoms with E-state index in [4.69, 9.17) is 58.0 Å². The van der Waals surface area contributed by atoms with Gasteiger partial charge in [-0.15, -0.1) is 12.4 Å². The molecule has 0 spiro atoms. The molecule has 0 radical (unpaired) electrons. The lowest BCUT2D eigenvalue weighted by molar-refractivity contribution is 0.839. The van der Waals surface area contributed by atoms with Crippen molar-refractivity contribution in [3.63, 3.8) is 0 Å². The highest BCUT2D eigenvalue weighted by atomic mass is 35.6. The topological polar surface area (TPSA) is 0 Å². The molecule has 0 aliphatic rings. The summed E-state index contributed by atoms with van der Waals surface area (Å²) in [6.07, 6.45) is 0. The Hall–Kier alpha value is 0.180. The smallest absolute Gasteiger partial charge is 0.147 e. The number of alkyl halides is 3. The van der Waals surface area contributed by atoms with Gasteiger partial charge < -0.3 is 0 Å². The molecule has 20 heavy (non-hydrogen) atoms. The summed E-state index contributed by atoms with van der Waals surface area (Å²) in [6, 6.07) is 14.5. The van der Waals surface area contributed by atoms with E-state index >= 15 is 0 Å². The van der Waals surface area contributed by atoms with Gasteiger partial charge in [-0.1, -0.05) is 82.3 Å². The molecule has 0 fully saturated rings. The summed E-state index contributed by atoms with van der Waals surface area (Å²) in [5.41, 5.74) is 1.76. The quantitative estimate of drug-likeness (QED) is 0.488. The Morgan fingerprint density at radius 2 is 0.950 bits per heavy atom. The Morgan fingerprint density at radius 1 is 0.650 bits per heavy atom. The Kier molecular flexibility index (Phi) is 6.79. The Bertz CT molecular complexity index is 496. The van der Waals surface area contributed by atoms with E-state index in [-0.39, 0.29) is 18.3 Å². The van der Waals surface area contributed by atoms with E-state index < -0.39 is 3.79 Å². The monoisotopic (exact) mass is 388 g/mol. The van der Waals surface area contributed by atoms with Crippen LogP contribution in [0.2, 0.25) is 10.0 Å². The molecule has 0 aliphatic heterocycles. The minimum absolute atomic E-state index is 0. The molecule has 0 amide bonds. The molecule has 0 aliphatic carbocycles. The number of rotatable bonds is 2. The zero-order valence-electron chi connectivity index (χ0n) is 9.99. The third-order valence-electron chi connectivity index (χ3n) is 2.73. The van der Waals surface area contributed by atoms with E-state index in [1.54, 1.807) is 24.3 Å². The molecule has 108 valence electrons. The van der Waals surface area contributed by atoms with Crippen molar-refractivity contribution in [2.24, 2.45) is 0 Å². The van der Waals surface area contributed by atoms with E-state index in [1.165, 1.54) is 0 Å². The molecule has 2 rings (SSSR count). The van der Waals surface area contributed by atoms with E-state index in [0.29, 0.717) is 10.0 Å². The lowest BCUT2D eigenvalue weighted by Gasteiger charge is -2.25. The van der Waals surface area contributed by atoms with Crippen LogP contribution < -0.4 is 0 Å². The molecule has 0 nitrogen and oxygen atoms in total. The van der Waals surface area contributed by atoms with Gasteiger partial charge in [0, 0.05) is 10.0 Å². The first-order valence-corrected chi connectivity index (χ1v) is 7.34. The highest BCUT2D eigenvalue weighted by Crippen LogP contribution is 2.45. The third-order valence-corrected chi connectivity index (χ3v) is 3.89. The fraction of sp³-hybridized carbons (Fsp3) is 0.143. The predicted molar refractivity (Wildman–Crippen MR) is 92.3 cm³/mol. The average Bonchev–Trinajstić information content (AvgIpc) is 2.33. The maximum Gasteiger partial charge on any atom is 0.201 e. The van der Waals surface area contributed by atoms with Gasteiger partial charge >= 0.3 is 0 Å². The SMILES string of the molecule is Cl.Clc1ccc(C(c2ccc(Cl)cc2)C(Cl)(Cl)Cl)cc1. The van der Waals surface area contributed by atoms with Crippen molar-refractivity contribution >= 4 is 70.4 Å². The van der Waals surface area contributed by atoms with Gasteiger partial charge in [0.1, 0.15) is 0 Å². The summed E-state index contributed by atoms with van der Waals surface area (Å²) in [6.45, 7) is 0. The van der Waals surface area contributed by atoms with Gasteiger partial charge in [0.15, 0.2) is 0 Å². The maximum absolute atomic E-state index is 6.11. The molecule has 2 aromatic carbocycles. The van der Waals surface area contributed by atoms with Gasteiger partial charge in [-0.05, 0) is 35.4 Å². The number of benzene rings is 2. The van der Waals surface area contributed by atoms with E-state index in [0.717, 1.165) is 11.1 Å². The largest absolute Gasteiger partial charge is 0.201 e. The second-order valence-corrected chi connectivity index (χ2v) is 7.32. The molecular formula is C14H10Cl6. The normalized spacial score (nSPS) is 11.3. The summed E-state index contributed by atoms with van der Waals surface area (Å²) >= 11 is 30.1. The van der Waals surface area contributed by atoms with Crippen molar-refractivity contribution in [3.8, 4) is 0 Å². The van der Waals surface area contributed by atoms with Crippen molar-refractivity contribution in [3.05, 3.63) is 69.7 Å². The summed E-state index contributed by atoms with van der Waals surface area (Å²) in [5.74, 6) is -0.382. The molecule has 0 saturated carbocycles. The molecule has 0 heterocycles. The molecule has 0 atom stereocenters. The van der Waals surface area contributed by atoms with E-state index in [1.807, 2.05) is 24.3 Å². The van der Waals surface area contributed by atoms with Crippen LogP contribution in [0.25, 0.3) is 0 Å². The van der Waals surface area contributed by atoms with Crippen LogP contribution in [0, 0.1) is 0 Å². The summed E-state index contributed by atoms with van der Waals surface area (Å²) in [4.78, 5) is 0. The number of halogens is 6. The fourth-order valence-electron chi connectivity index (χ4n) is 1.88. The number of hydrogen-bond acceptors (Lipinski definition) is 0. The van der Waals surface area contributed by atoms with Crippen molar-refractivity contribution < 1.29 is 0 Å². The summed E-state index contributed by atoms with van der Waals surface area (Å²) < 4.78 is -1.46. The van der Waals surface area contributed by atoms with Crippen molar-refractivity contribution in [1.82, 2.24) is 0 Å². The molecule has 0 saturated heterocycles. The van der Waals surface area contributed by atoms with Crippen molar-refractivity contribution in [1.29, 1.82) is 0 Å². The Labute approximate surface area is 149 Å². The Morgan fingerprint density at radius 3 is 1.20 bits per heavy atom. The molecule has 0 N–H and O–H groups in total. The van der Waals surface area contributed by atoms with Gasteiger partial charge in [-0.25, -0.2) is 0 Å². The minimum Gasteiger partial charge on any atom is -0.147 e. The van der Waals surface area contributed by atoms with Gasteiger partial charge in [0.2, 0.25) is 3.79 Å². The molecular weight excluding hydrogens is 381 g/mol. The molecule has 2 aromatic rings. The van der Waals surface area contributed by atoms with Crippen LogP contribution in [0.3, 0.4) is 0 Å². The fourth-order valence-corrected chi connectivity index (χ4v) is 2.89. The highest BCUT2D eigenvalue weighted by molar-refractivity contribution is 6.68. The van der Waals surface area contributed by atoms with Crippen molar-refractivity contribution in [2.45, 2.75) is 9.71 Å². The van der Waals surface area contributed by atoms with Crippen LogP contribution in [-0.4, -0.2) is 3.79 Å². The number of hydrogen-bond donors (Lipinski definition) is 0. The maximum atomic E-state index is 6.11. The van der Waals surface area contributed by atoms with Gasteiger partial charge in [-0.2, -0.15) is 0 Å². The second-order valence-electron chi connectivity index (χ2n) is 4.08. The zero-order valence-corrected chi connectivity index (χ0v) is 14.6. The first-order chi connectivity index (χ1) is 8.88. The molecule has 0 bridgehead atoms. The molecule has 0 aromatic heterocycles. The van der Waals surface area contributed by atoms with Gasteiger partial charge in [-0.3, -0.25) is 0 Å².